The van der Waals surface area contributed by atoms with E-state index in [-0.39, 0.29) is 36.2 Å². The van der Waals surface area contributed by atoms with Crippen molar-refractivity contribution in [1.82, 2.24) is 4.90 Å². The fourth-order valence-electron chi connectivity index (χ4n) is 4.67. The van der Waals surface area contributed by atoms with Crippen molar-refractivity contribution in [2.24, 2.45) is 23.7 Å². The summed E-state index contributed by atoms with van der Waals surface area (Å²) in [6, 6.07) is 7.21. The molecule has 4 atom stereocenters. The Morgan fingerprint density at radius 1 is 1.04 bits per heavy atom. The third-order valence-electron chi connectivity index (χ3n) is 5.67. The molecular weight excluding hydrogens is 306 g/mol. The molecule has 1 aromatic rings. The third-order valence-corrected chi connectivity index (χ3v) is 5.67. The first-order valence-electron chi connectivity index (χ1n) is 8.51. The maximum absolute atomic E-state index is 12.6. The van der Waals surface area contributed by atoms with Crippen LogP contribution in [0.2, 0.25) is 0 Å². The molecule has 3 fully saturated rings. The van der Waals surface area contributed by atoms with Gasteiger partial charge in [0.25, 0.3) is 0 Å². The highest BCUT2D eigenvalue weighted by atomic mass is 16.2. The van der Waals surface area contributed by atoms with Crippen molar-refractivity contribution in [3.63, 3.8) is 0 Å². The van der Waals surface area contributed by atoms with Crippen LogP contribution in [0.3, 0.4) is 0 Å². The molecule has 2 aliphatic carbocycles. The van der Waals surface area contributed by atoms with E-state index in [9.17, 15) is 14.4 Å². The van der Waals surface area contributed by atoms with Crippen molar-refractivity contribution in [3.8, 4) is 0 Å². The van der Waals surface area contributed by atoms with Crippen LogP contribution in [-0.2, 0) is 14.4 Å². The van der Waals surface area contributed by atoms with E-state index in [0.717, 1.165) is 24.9 Å². The Labute approximate surface area is 140 Å². The largest absolute Gasteiger partial charge is 0.367 e. The molecule has 2 N–H and O–H groups in total. The highest BCUT2D eigenvalue weighted by molar-refractivity contribution is 6.06. The van der Waals surface area contributed by atoms with Crippen LogP contribution in [0.4, 0.5) is 11.4 Å². The molecular formula is C18H21N3O3. The third kappa shape index (κ3) is 2.37. The standard InChI is InChI=1S/C18H21N3O3/c1-10(22)20-14-6-4-13(5-7-14)19-9-21-17(23)15-11-2-3-12(8-11)16(15)18(21)24/h4-7,11-12,15-16,19H,2-3,8-9H2,1H3,(H,20,22)/t11-,12-,15+,16+/m0/s1. The van der Waals surface area contributed by atoms with E-state index < -0.39 is 0 Å². The number of carbonyl (C=O) groups excluding carboxylic acids is 3. The van der Waals surface area contributed by atoms with Gasteiger partial charge in [-0.15, -0.1) is 0 Å². The highest BCUT2D eigenvalue weighted by Gasteiger charge is 2.60. The Hall–Kier alpha value is -2.37. The summed E-state index contributed by atoms with van der Waals surface area (Å²) in [6.45, 7) is 1.67. The number of benzene rings is 1. The molecule has 0 radical (unpaired) electrons. The summed E-state index contributed by atoms with van der Waals surface area (Å²) in [4.78, 5) is 37.6. The summed E-state index contributed by atoms with van der Waals surface area (Å²) in [5, 5.41) is 5.84. The van der Waals surface area contributed by atoms with E-state index in [1.807, 2.05) is 12.1 Å². The first kappa shape index (κ1) is 15.2. The zero-order valence-electron chi connectivity index (χ0n) is 13.6. The van der Waals surface area contributed by atoms with Gasteiger partial charge < -0.3 is 10.6 Å². The molecule has 1 aromatic carbocycles. The normalized spacial score (nSPS) is 30.6. The zero-order valence-corrected chi connectivity index (χ0v) is 13.6. The Bertz CT molecular complexity index is 672. The number of carbonyl (C=O) groups is 3. The van der Waals surface area contributed by atoms with Crippen molar-refractivity contribution in [2.75, 3.05) is 17.3 Å². The maximum atomic E-state index is 12.6. The van der Waals surface area contributed by atoms with E-state index in [1.54, 1.807) is 12.1 Å². The van der Waals surface area contributed by atoms with Crippen LogP contribution >= 0.6 is 0 Å². The molecule has 126 valence electrons. The maximum Gasteiger partial charge on any atom is 0.234 e. The zero-order chi connectivity index (χ0) is 16.8. The van der Waals surface area contributed by atoms with Crippen LogP contribution in [0.15, 0.2) is 24.3 Å². The lowest BCUT2D eigenvalue weighted by molar-refractivity contribution is -0.140. The molecule has 0 unspecified atom stereocenters. The Kier molecular flexibility index (Phi) is 3.55. The lowest BCUT2D eigenvalue weighted by Crippen LogP contribution is -2.36. The van der Waals surface area contributed by atoms with Gasteiger partial charge in [0.2, 0.25) is 17.7 Å². The molecule has 6 heteroatoms. The van der Waals surface area contributed by atoms with Gasteiger partial charge in [0, 0.05) is 18.3 Å². The smallest absolute Gasteiger partial charge is 0.234 e. The van der Waals surface area contributed by atoms with E-state index in [2.05, 4.69) is 10.6 Å². The second kappa shape index (κ2) is 5.61. The minimum absolute atomic E-state index is 0.000401. The molecule has 6 nitrogen and oxygen atoms in total. The summed E-state index contributed by atoms with van der Waals surface area (Å²) in [5.41, 5.74) is 1.53. The van der Waals surface area contributed by atoms with Gasteiger partial charge in [0.05, 0.1) is 18.5 Å². The number of rotatable bonds is 4. The first-order valence-corrected chi connectivity index (χ1v) is 8.51. The second-order valence-electron chi connectivity index (χ2n) is 7.08. The predicted molar refractivity (Wildman–Crippen MR) is 88.9 cm³/mol. The van der Waals surface area contributed by atoms with Crippen LogP contribution in [0.25, 0.3) is 0 Å². The molecule has 4 rings (SSSR count). The van der Waals surface area contributed by atoms with Crippen LogP contribution in [-0.4, -0.2) is 29.3 Å². The Morgan fingerprint density at radius 3 is 2.12 bits per heavy atom. The SMILES string of the molecule is CC(=O)Nc1ccc(NCN2C(=O)[C@@H]3[C@H]4CC[C@@H](C4)[C@H]3C2=O)cc1. The predicted octanol–water partition coefficient (Wildman–Crippen LogP) is 2.05. The minimum atomic E-state index is -0.120. The number of nitrogens with zero attached hydrogens (tertiary/aromatic N) is 1. The molecule has 2 saturated carbocycles. The molecule has 3 aliphatic rings. The van der Waals surface area contributed by atoms with E-state index in [1.165, 1.54) is 11.8 Å². The topological polar surface area (TPSA) is 78.5 Å². The lowest BCUT2D eigenvalue weighted by atomic mass is 9.81. The molecule has 1 heterocycles. The van der Waals surface area contributed by atoms with Crippen LogP contribution in [0.5, 0.6) is 0 Å². The number of anilines is 2. The molecule has 2 bridgehead atoms. The van der Waals surface area contributed by atoms with Crippen molar-refractivity contribution in [1.29, 1.82) is 0 Å². The summed E-state index contributed by atoms with van der Waals surface area (Å²) in [7, 11) is 0. The van der Waals surface area contributed by atoms with Crippen molar-refractivity contribution >= 4 is 29.1 Å². The fraction of sp³-hybridized carbons (Fsp3) is 0.500. The molecule has 0 aromatic heterocycles. The van der Waals surface area contributed by atoms with Gasteiger partial charge in [0.1, 0.15) is 0 Å². The molecule has 24 heavy (non-hydrogen) atoms. The van der Waals surface area contributed by atoms with Gasteiger partial charge in [-0.25, -0.2) is 0 Å². The summed E-state index contributed by atoms with van der Waals surface area (Å²) in [6.07, 6.45) is 3.24. The first-order chi connectivity index (χ1) is 11.5. The quantitative estimate of drug-likeness (QED) is 0.830. The van der Waals surface area contributed by atoms with Gasteiger partial charge in [-0.05, 0) is 55.4 Å². The van der Waals surface area contributed by atoms with Gasteiger partial charge in [0.15, 0.2) is 0 Å². The number of hydrogen-bond donors (Lipinski definition) is 2. The summed E-state index contributed by atoms with van der Waals surface area (Å²) >= 11 is 0. The lowest BCUT2D eigenvalue weighted by Gasteiger charge is -2.19. The van der Waals surface area contributed by atoms with E-state index in [0.29, 0.717) is 17.5 Å². The van der Waals surface area contributed by atoms with Gasteiger partial charge in [-0.3, -0.25) is 19.3 Å². The van der Waals surface area contributed by atoms with Gasteiger partial charge in [-0.1, -0.05) is 0 Å². The number of imide groups is 1. The fourth-order valence-corrected chi connectivity index (χ4v) is 4.67. The van der Waals surface area contributed by atoms with Gasteiger partial charge >= 0.3 is 0 Å². The van der Waals surface area contributed by atoms with Crippen molar-refractivity contribution in [2.45, 2.75) is 26.2 Å². The number of nitrogens with one attached hydrogen (secondary N) is 2. The number of fused-ring (bicyclic) bond motifs is 5. The monoisotopic (exact) mass is 327 g/mol. The van der Waals surface area contributed by atoms with Crippen LogP contribution in [0, 0.1) is 23.7 Å². The molecule has 1 aliphatic heterocycles. The summed E-state index contributed by atoms with van der Waals surface area (Å²) in [5.74, 6) is 0.571. The molecule has 1 saturated heterocycles. The Morgan fingerprint density at radius 2 is 1.58 bits per heavy atom. The average Bonchev–Trinajstić information content (AvgIpc) is 3.22. The highest BCUT2D eigenvalue weighted by Crippen LogP contribution is 2.55. The number of hydrogen-bond acceptors (Lipinski definition) is 4. The minimum Gasteiger partial charge on any atom is -0.367 e. The van der Waals surface area contributed by atoms with Crippen molar-refractivity contribution < 1.29 is 14.4 Å². The number of likely N-dealkylation sites (tertiary alicyclic amines) is 1. The summed E-state index contributed by atoms with van der Waals surface area (Å²) < 4.78 is 0. The number of amides is 3. The van der Waals surface area contributed by atoms with Gasteiger partial charge in [-0.2, -0.15) is 0 Å². The molecule has 3 amide bonds. The second-order valence-corrected chi connectivity index (χ2v) is 7.08. The van der Waals surface area contributed by atoms with E-state index in [4.69, 9.17) is 0 Å². The Balaban J connectivity index is 1.40. The van der Waals surface area contributed by atoms with Crippen LogP contribution < -0.4 is 10.6 Å². The average molecular weight is 327 g/mol. The van der Waals surface area contributed by atoms with Crippen molar-refractivity contribution in [3.05, 3.63) is 24.3 Å². The van der Waals surface area contributed by atoms with Crippen LogP contribution in [0.1, 0.15) is 26.2 Å². The molecule has 0 spiro atoms. The van der Waals surface area contributed by atoms with E-state index >= 15 is 0 Å².